The summed E-state index contributed by atoms with van der Waals surface area (Å²) < 4.78 is 0. The van der Waals surface area contributed by atoms with Crippen molar-refractivity contribution in [1.29, 1.82) is 5.41 Å². The van der Waals surface area contributed by atoms with E-state index in [0.29, 0.717) is 12.3 Å². The molecule has 1 aromatic rings. The summed E-state index contributed by atoms with van der Waals surface area (Å²) in [6.07, 6.45) is 2.23. The normalized spacial score (nSPS) is 10.4. The van der Waals surface area contributed by atoms with Gasteiger partial charge in [0.1, 0.15) is 5.84 Å². The van der Waals surface area contributed by atoms with Gasteiger partial charge in [-0.05, 0) is 5.56 Å². The van der Waals surface area contributed by atoms with Crippen LogP contribution in [0.4, 0.5) is 0 Å². The molecule has 0 amide bonds. The van der Waals surface area contributed by atoms with Crippen molar-refractivity contribution >= 4 is 12.2 Å². The molecular formula is C11H15N3. The second-order valence-electron chi connectivity index (χ2n) is 3.32. The molecule has 0 bridgehead atoms. The van der Waals surface area contributed by atoms with Gasteiger partial charge in [-0.15, -0.1) is 0 Å². The maximum Gasteiger partial charge on any atom is 0.126 e. The van der Waals surface area contributed by atoms with Crippen LogP contribution in [0.25, 0.3) is 0 Å². The Morgan fingerprint density at radius 2 is 2.00 bits per heavy atom. The summed E-state index contributed by atoms with van der Waals surface area (Å²) in [7, 11) is 3.78. The van der Waals surface area contributed by atoms with Crippen LogP contribution in [0.1, 0.15) is 5.56 Å². The van der Waals surface area contributed by atoms with E-state index in [9.17, 15) is 0 Å². The molecular weight excluding hydrogens is 174 g/mol. The summed E-state index contributed by atoms with van der Waals surface area (Å²) in [6.45, 7) is 0. The van der Waals surface area contributed by atoms with Gasteiger partial charge >= 0.3 is 0 Å². The summed E-state index contributed by atoms with van der Waals surface area (Å²) >= 11 is 0. The molecule has 0 heterocycles. The quantitative estimate of drug-likeness (QED) is 0.571. The van der Waals surface area contributed by atoms with Crippen LogP contribution in [0, 0.1) is 5.41 Å². The lowest BCUT2D eigenvalue weighted by Crippen LogP contribution is -2.10. The maximum absolute atomic E-state index is 7.59. The van der Waals surface area contributed by atoms with Crippen molar-refractivity contribution in [3.8, 4) is 0 Å². The zero-order valence-electron chi connectivity index (χ0n) is 8.57. The topological polar surface area (TPSA) is 39.5 Å². The van der Waals surface area contributed by atoms with E-state index >= 15 is 0 Å². The average Bonchev–Trinajstić information content (AvgIpc) is 2.16. The van der Waals surface area contributed by atoms with Crippen LogP contribution in [0.5, 0.6) is 0 Å². The highest BCUT2D eigenvalue weighted by Gasteiger charge is 1.95. The third kappa shape index (κ3) is 3.85. The third-order valence-corrected chi connectivity index (χ3v) is 1.66. The van der Waals surface area contributed by atoms with Crippen LogP contribution in [0.2, 0.25) is 0 Å². The zero-order valence-corrected chi connectivity index (χ0v) is 8.57. The third-order valence-electron chi connectivity index (χ3n) is 1.66. The van der Waals surface area contributed by atoms with E-state index in [2.05, 4.69) is 4.99 Å². The molecule has 0 aliphatic heterocycles. The molecule has 0 spiro atoms. The van der Waals surface area contributed by atoms with Crippen LogP contribution < -0.4 is 0 Å². The van der Waals surface area contributed by atoms with E-state index in [4.69, 9.17) is 5.41 Å². The van der Waals surface area contributed by atoms with Crippen molar-refractivity contribution in [1.82, 2.24) is 4.90 Å². The van der Waals surface area contributed by atoms with Gasteiger partial charge in [0.15, 0.2) is 0 Å². The van der Waals surface area contributed by atoms with Gasteiger partial charge in [-0.25, -0.2) is 4.99 Å². The van der Waals surface area contributed by atoms with Gasteiger partial charge in [0.05, 0.1) is 6.34 Å². The van der Waals surface area contributed by atoms with Gasteiger partial charge < -0.3 is 4.90 Å². The number of hydrogen-bond donors (Lipinski definition) is 1. The zero-order chi connectivity index (χ0) is 10.4. The van der Waals surface area contributed by atoms with Crippen LogP contribution >= 0.6 is 0 Å². The molecule has 0 aliphatic rings. The molecule has 14 heavy (non-hydrogen) atoms. The number of nitrogens with one attached hydrogen (secondary N) is 1. The average molecular weight is 189 g/mol. The van der Waals surface area contributed by atoms with E-state index in [1.807, 2.05) is 49.3 Å². The minimum absolute atomic E-state index is 0.380. The van der Waals surface area contributed by atoms with E-state index < -0.39 is 0 Å². The highest BCUT2D eigenvalue weighted by Crippen LogP contribution is 2.00. The van der Waals surface area contributed by atoms with Gasteiger partial charge in [-0.1, -0.05) is 30.3 Å². The Morgan fingerprint density at radius 1 is 1.36 bits per heavy atom. The first kappa shape index (κ1) is 10.4. The number of aliphatic imine (C=N–C) groups is 1. The lowest BCUT2D eigenvalue weighted by atomic mass is 10.1. The molecule has 0 aromatic heterocycles. The first-order valence-corrected chi connectivity index (χ1v) is 4.50. The van der Waals surface area contributed by atoms with E-state index in [-0.39, 0.29) is 0 Å². The van der Waals surface area contributed by atoms with Crippen LogP contribution in [0.3, 0.4) is 0 Å². The molecule has 74 valence electrons. The smallest absolute Gasteiger partial charge is 0.126 e. The molecule has 0 fully saturated rings. The van der Waals surface area contributed by atoms with Crippen molar-refractivity contribution in [2.24, 2.45) is 4.99 Å². The molecule has 1 rings (SSSR count). The molecule has 0 aliphatic carbocycles. The Balaban J connectivity index is 2.50. The Labute approximate surface area is 84.6 Å². The summed E-state index contributed by atoms with van der Waals surface area (Å²) in [6, 6.07) is 9.91. The number of nitrogens with zero attached hydrogens (tertiary/aromatic N) is 2. The SMILES string of the molecule is CN(C)C=NC(=N)Cc1ccccc1. The van der Waals surface area contributed by atoms with Crippen molar-refractivity contribution in [3.63, 3.8) is 0 Å². The molecule has 0 saturated carbocycles. The Morgan fingerprint density at radius 3 is 2.57 bits per heavy atom. The Bertz CT molecular complexity index is 315. The number of hydrogen-bond acceptors (Lipinski definition) is 1. The number of benzene rings is 1. The fraction of sp³-hybridized carbons (Fsp3) is 0.273. The monoisotopic (exact) mass is 189 g/mol. The number of rotatable bonds is 3. The van der Waals surface area contributed by atoms with Gasteiger partial charge in [-0.2, -0.15) is 0 Å². The summed E-state index contributed by atoms with van der Waals surface area (Å²) in [5, 5.41) is 7.59. The fourth-order valence-electron chi connectivity index (χ4n) is 1.02. The molecule has 0 atom stereocenters. The number of amidine groups is 1. The summed E-state index contributed by atoms with van der Waals surface area (Å²) in [4.78, 5) is 5.82. The Kier molecular flexibility index (Phi) is 3.85. The standard InChI is InChI=1S/C11H15N3/c1-14(2)9-13-11(12)8-10-6-4-3-5-7-10/h3-7,9,12H,8H2,1-2H3. The second-order valence-corrected chi connectivity index (χ2v) is 3.32. The molecule has 3 nitrogen and oxygen atoms in total. The molecule has 3 heteroatoms. The van der Waals surface area contributed by atoms with E-state index in [0.717, 1.165) is 5.56 Å². The maximum atomic E-state index is 7.59. The van der Waals surface area contributed by atoms with Crippen LogP contribution in [-0.2, 0) is 6.42 Å². The van der Waals surface area contributed by atoms with Crippen molar-refractivity contribution in [3.05, 3.63) is 35.9 Å². The molecule has 1 aromatic carbocycles. The van der Waals surface area contributed by atoms with Gasteiger partial charge in [0.25, 0.3) is 0 Å². The predicted octanol–water partition coefficient (Wildman–Crippen LogP) is 1.80. The van der Waals surface area contributed by atoms with Crippen LogP contribution in [-0.4, -0.2) is 31.2 Å². The van der Waals surface area contributed by atoms with Crippen molar-refractivity contribution in [2.45, 2.75) is 6.42 Å². The second kappa shape index (κ2) is 5.17. The minimum atomic E-state index is 0.380. The minimum Gasteiger partial charge on any atom is -0.369 e. The molecule has 0 saturated heterocycles. The van der Waals surface area contributed by atoms with Crippen molar-refractivity contribution < 1.29 is 0 Å². The first-order valence-electron chi connectivity index (χ1n) is 4.50. The summed E-state index contributed by atoms with van der Waals surface area (Å²) in [5.41, 5.74) is 1.12. The molecule has 1 N–H and O–H groups in total. The molecule has 0 unspecified atom stereocenters. The lowest BCUT2D eigenvalue weighted by Gasteiger charge is -2.03. The largest absolute Gasteiger partial charge is 0.369 e. The predicted molar refractivity (Wildman–Crippen MR) is 60.1 cm³/mol. The van der Waals surface area contributed by atoms with E-state index in [1.165, 1.54) is 0 Å². The summed E-state index contributed by atoms with van der Waals surface area (Å²) in [5.74, 6) is 0.380. The van der Waals surface area contributed by atoms with Gasteiger partial charge in [0, 0.05) is 20.5 Å². The first-order chi connectivity index (χ1) is 6.68. The fourth-order valence-corrected chi connectivity index (χ4v) is 1.02. The Hall–Kier alpha value is -1.64. The van der Waals surface area contributed by atoms with Gasteiger partial charge in [0.2, 0.25) is 0 Å². The van der Waals surface area contributed by atoms with E-state index in [1.54, 1.807) is 6.34 Å². The lowest BCUT2D eigenvalue weighted by molar-refractivity contribution is 0.643. The van der Waals surface area contributed by atoms with Crippen molar-refractivity contribution in [2.75, 3.05) is 14.1 Å². The molecule has 0 radical (unpaired) electrons. The highest BCUT2D eigenvalue weighted by atomic mass is 15.1. The van der Waals surface area contributed by atoms with Gasteiger partial charge in [-0.3, -0.25) is 5.41 Å². The highest BCUT2D eigenvalue weighted by molar-refractivity contribution is 5.88. The van der Waals surface area contributed by atoms with Crippen LogP contribution in [0.15, 0.2) is 35.3 Å².